The lowest BCUT2D eigenvalue weighted by Gasteiger charge is -2.22. The number of hydrogen-bond acceptors (Lipinski definition) is 5. The maximum absolute atomic E-state index is 13.1. The fourth-order valence-corrected chi connectivity index (χ4v) is 3.48. The van der Waals surface area contributed by atoms with Crippen molar-refractivity contribution in [3.63, 3.8) is 0 Å². The Bertz CT molecular complexity index is 920. The van der Waals surface area contributed by atoms with Crippen LogP contribution in [-0.2, 0) is 16.0 Å². The Kier molecular flexibility index (Phi) is 3.83. The number of nitrogens with zero attached hydrogens (tertiary/aromatic N) is 4. The fourth-order valence-electron chi connectivity index (χ4n) is 3.48. The van der Waals surface area contributed by atoms with Crippen molar-refractivity contribution < 1.29 is 9.59 Å². The molecule has 0 spiro atoms. The first kappa shape index (κ1) is 16.4. The molecule has 0 bridgehead atoms. The highest BCUT2D eigenvalue weighted by Crippen LogP contribution is 2.36. The molecule has 4 rings (SSSR count). The number of carbonyl (C=O) groups is 2. The van der Waals surface area contributed by atoms with Gasteiger partial charge in [0.15, 0.2) is 12.1 Å². The highest BCUT2D eigenvalue weighted by Gasteiger charge is 2.55. The number of aryl methyl sites for hydroxylation is 2. The Labute approximate surface area is 152 Å². The second-order valence-corrected chi connectivity index (χ2v) is 6.69. The third-order valence-corrected chi connectivity index (χ3v) is 5.21. The molecule has 6 heteroatoms. The van der Waals surface area contributed by atoms with E-state index >= 15 is 0 Å². The average molecular weight is 348 g/mol. The molecule has 2 aliphatic rings. The van der Waals surface area contributed by atoms with Crippen molar-refractivity contribution in [1.82, 2.24) is 0 Å². The summed E-state index contributed by atoms with van der Waals surface area (Å²) in [7, 11) is 0. The standard InChI is InChI=1S/C20H20N4O2/c1-4-14-8-10-15(11-9-14)23-19(25)17-18(20(23)26)24(22-21-17)16-7-5-6-12(2)13(16)3/h5-11,17-18H,4H2,1-3H3/t17-,18+/m0/s1. The number of anilines is 2. The highest BCUT2D eigenvalue weighted by molar-refractivity contribution is 6.26. The third-order valence-electron chi connectivity index (χ3n) is 5.21. The van der Waals surface area contributed by atoms with Gasteiger partial charge in [-0.05, 0) is 55.2 Å². The van der Waals surface area contributed by atoms with Crippen molar-refractivity contribution in [2.75, 3.05) is 9.91 Å². The van der Waals surface area contributed by atoms with Gasteiger partial charge in [0, 0.05) is 0 Å². The molecule has 0 saturated carbocycles. The molecule has 2 amide bonds. The zero-order chi connectivity index (χ0) is 18.4. The summed E-state index contributed by atoms with van der Waals surface area (Å²) >= 11 is 0. The van der Waals surface area contributed by atoms with Gasteiger partial charge in [0.25, 0.3) is 11.8 Å². The van der Waals surface area contributed by atoms with Gasteiger partial charge in [-0.15, -0.1) is 0 Å². The normalized spacial score (nSPS) is 21.7. The Morgan fingerprint density at radius 1 is 1.00 bits per heavy atom. The molecule has 0 aliphatic carbocycles. The number of imide groups is 1. The number of rotatable bonds is 3. The summed E-state index contributed by atoms with van der Waals surface area (Å²) in [4.78, 5) is 27.1. The van der Waals surface area contributed by atoms with Gasteiger partial charge in [-0.1, -0.05) is 36.4 Å². The molecule has 1 saturated heterocycles. The van der Waals surface area contributed by atoms with E-state index in [0.717, 1.165) is 28.8 Å². The van der Waals surface area contributed by atoms with Crippen LogP contribution in [0.25, 0.3) is 0 Å². The van der Waals surface area contributed by atoms with Crippen molar-refractivity contribution in [1.29, 1.82) is 0 Å². The average Bonchev–Trinajstić information content (AvgIpc) is 3.18. The third kappa shape index (κ3) is 2.33. The van der Waals surface area contributed by atoms with E-state index in [1.807, 2.05) is 56.3 Å². The summed E-state index contributed by atoms with van der Waals surface area (Å²) < 4.78 is 0. The van der Waals surface area contributed by atoms with Gasteiger partial charge in [0.2, 0.25) is 0 Å². The molecule has 0 unspecified atom stereocenters. The van der Waals surface area contributed by atoms with E-state index in [1.165, 1.54) is 4.90 Å². The van der Waals surface area contributed by atoms with Crippen molar-refractivity contribution in [3.8, 4) is 0 Å². The first-order valence-corrected chi connectivity index (χ1v) is 8.76. The van der Waals surface area contributed by atoms with Gasteiger partial charge in [-0.25, -0.2) is 9.91 Å². The number of fused-ring (bicyclic) bond motifs is 1. The molecule has 1 fully saturated rings. The van der Waals surface area contributed by atoms with E-state index in [0.29, 0.717) is 5.69 Å². The molecule has 0 N–H and O–H groups in total. The lowest BCUT2D eigenvalue weighted by Crippen LogP contribution is -2.40. The maximum atomic E-state index is 13.1. The zero-order valence-electron chi connectivity index (χ0n) is 15.0. The smallest absolute Gasteiger partial charge is 0.263 e. The van der Waals surface area contributed by atoms with Gasteiger partial charge in [-0.3, -0.25) is 9.59 Å². The van der Waals surface area contributed by atoms with Crippen molar-refractivity contribution >= 4 is 23.2 Å². The minimum atomic E-state index is -0.784. The molecule has 132 valence electrons. The number of hydrogen-bond donors (Lipinski definition) is 0. The summed E-state index contributed by atoms with van der Waals surface area (Å²) in [5, 5.41) is 9.84. The zero-order valence-corrected chi connectivity index (χ0v) is 15.0. The minimum Gasteiger partial charge on any atom is -0.271 e. The second-order valence-electron chi connectivity index (χ2n) is 6.69. The molecule has 2 aromatic carbocycles. The van der Waals surface area contributed by atoms with Crippen molar-refractivity contribution in [2.45, 2.75) is 39.3 Å². The predicted octanol–water partition coefficient (Wildman–Crippen LogP) is 3.36. The summed E-state index contributed by atoms with van der Waals surface area (Å²) in [6, 6.07) is 11.8. The molecule has 2 aliphatic heterocycles. The first-order chi connectivity index (χ1) is 12.5. The molecule has 0 aromatic heterocycles. The van der Waals surface area contributed by atoms with Gasteiger partial charge >= 0.3 is 0 Å². The SMILES string of the molecule is CCc1ccc(N2C(=O)[C@H]3N=NN(c4cccc(C)c4C)[C@H]3C2=O)cc1. The van der Waals surface area contributed by atoms with E-state index in [4.69, 9.17) is 0 Å². The highest BCUT2D eigenvalue weighted by atomic mass is 16.2. The largest absolute Gasteiger partial charge is 0.271 e. The van der Waals surface area contributed by atoms with Gasteiger partial charge in [0.1, 0.15) is 0 Å². The van der Waals surface area contributed by atoms with Crippen LogP contribution in [0.15, 0.2) is 52.8 Å². The lowest BCUT2D eigenvalue weighted by atomic mass is 10.1. The Hall–Kier alpha value is -3.02. The summed E-state index contributed by atoms with van der Waals surface area (Å²) in [5.74, 6) is -0.601. The van der Waals surface area contributed by atoms with E-state index in [1.54, 1.807) is 5.01 Å². The molecular weight excluding hydrogens is 328 g/mol. The Morgan fingerprint density at radius 2 is 1.73 bits per heavy atom. The fraction of sp³-hybridized carbons (Fsp3) is 0.300. The van der Waals surface area contributed by atoms with Gasteiger partial charge in [-0.2, -0.15) is 5.11 Å². The molecule has 6 nitrogen and oxygen atoms in total. The summed E-state index contributed by atoms with van der Waals surface area (Å²) in [5.41, 5.74) is 4.68. The molecule has 2 atom stereocenters. The first-order valence-electron chi connectivity index (χ1n) is 8.76. The summed E-state index contributed by atoms with van der Waals surface area (Å²) in [6.45, 7) is 6.05. The molecule has 2 heterocycles. The maximum Gasteiger partial charge on any atom is 0.263 e. The Morgan fingerprint density at radius 3 is 2.42 bits per heavy atom. The number of carbonyl (C=O) groups excluding carboxylic acids is 2. The molecule has 2 aromatic rings. The quantitative estimate of drug-likeness (QED) is 0.799. The number of amides is 2. The van der Waals surface area contributed by atoms with E-state index in [-0.39, 0.29) is 11.8 Å². The van der Waals surface area contributed by atoms with E-state index in [9.17, 15) is 9.59 Å². The van der Waals surface area contributed by atoms with E-state index < -0.39 is 12.1 Å². The van der Waals surface area contributed by atoms with Crippen LogP contribution in [-0.4, -0.2) is 23.9 Å². The van der Waals surface area contributed by atoms with Crippen LogP contribution in [0.3, 0.4) is 0 Å². The molecule has 26 heavy (non-hydrogen) atoms. The monoisotopic (exact) mass is 348 g/mol. The van der Waals surface area contributed by atoms with Crippen LogP contribution < -0.4 is 9.91 Å². The lowest BCUT2D eigenvalue weighted by molar-refractivity contribution is -0.121. The van der Waals surface area contributed by atoms with Crippen LogP contribution in [0.1, 0.15) is 23.6 Å². The van der Waals surface area contributed by atoms with Crippen LogP contribution in [0, 0.1) is 13.8 Å². The molecule has 0 radical (unpaired) electrons. The van der Waals surface area contributed by atoms with Crippen LogP contribution >= 0.6 is 0 Å². The minimum absolute atomic E-state index is 0.282. The Balaban J connectivity index is 1.70. The predicted molar refractivity (Wildman–Crippen MR) is 99.1 cm³/mol. The van der Waals surface area contributed by atoms with E-state index in [2.05, 4.69) is 17.3 Å². The van der Waals surface area contributed by atoms with Crippen molar-refractivity contribution in [2.24, 2.45) is 10.3 Å². The van der Waals surface area contributed by atoms with Gasteiger partial charge < -0.3 is 0 Å². The van der Waals surface area contributed by atoms with Gasteiger partial charge in [0.05, 0.1) is 11.4 Å². The topological polar surface area (TPSA) is 65.3 Å². The molecular formula is C20H20N4O2. The second kappa shape index (κ2) is 6.05. The summed E-state index contributed by atoms with van der Waals surface area (Å²) in [6.07, 6.45) is 0.905. The van der Waals surface area contributed by atoms with Crippen LogP contribution in [0.2, 0.25) is 0 Å². The van der Waals surface area contributed by atoms with Crippen molar-refractivity contribution in [3.05, 3.63) is 59.2 Å². The van der Waals surface area contributed by atoms with Crippen LogP contribution in [0.5, 0.6) is 0 Å². The van der Waals surface area contributed by atoms with Crippen LogP contribution in [0.4, 0.5) is 11.4 Å². The number of benzene rings is 2.